The molecule has 2 fully saturated rings. The Bertz CT molecular complexity index is 312. The van der Waals surface area contributed by atoms with E-state index in [9.17, 15) is 0 Å². The van der Waals surface area contributed by atoms with E-state index in [2.05, 4.69) is 11.2 Å². The molecule has 0 saturated heterocycles. The minimum atomic E-state index is 0.122. The van der Waals surface area contributed by atoms with Gasteiger partial charge in [0.25, 0.3) is 0 Å². The molecule has 3 heteroatoms. The van der Waals surface area contributed by atoms with Gasteiger partial charge in [-0.25, -0.2) is 0 Å². The maximum absolute atomic E-state index is 6.01. The summed E-state index contributed by atoms with van der Waals surface area (Å²) in [5.41, 5.74) is 6.97. The number of hydrogen-bond acceptors (Lipinski definition) is 3. The van der Waals surface area contributed by atoms with Crippen LogP contribution in [0.1, 0.15) is 49.1 Å². The van der Waals surface area contributed by atoms with Gasteiger partial charge in [-0.15, -0.1) is 0 Å². The van der Waals surface area contributed by atoms with Gasteiger partial charge in [-0.1, -0.05) is 5.16 Å². The molecule has 1 heterocycles. The predicted octanol–water partition coefficient (Wildman–Crippen LogP) is 1.96. The Hall–Kier alpha value is -0.830. The number of hydrogen-bond donors (Lipinski definition) is 1. The highest BCUT2D eigenvalue weighted by Gasteiger charge is 2.33. The summed E-state index contributed by atoms with van der Waals surface area (Å²) in [6, 6.07) is 2.18. The van der Waals surface area contributed by atoms with Gasteiger partial charge >= 0.3 is 0 Å². The van der Waals surface area contributed by atoms with E-state index in [-0.39, 0.29) is 6.04 Å². The fraction of sp³-hybridized carbons (Fsp3) is 0.700. The molecule has 70 valence electrons. The van der Waals surface area contributed by atoms with Gasteiger partial charge in [-0.3, -0.25) is 0 Å². The van der Waals surface area contributed by atoms with E-state index in [4.69, 9.17) is 10.3 Å². The van der Waals surface area contributed by atoms with Crippen LogP contribution >= 0.6 is 0 Å². The molecule has 0 spiro atoms. The SMILES string of the molecule is N[C@H](c1cc(C2CC2)on1)C1CC1. The van der Waals surface area contributed by atoms with Crippen LogP contribution in [-0.2, 0) is 0 Å². The Morgan fingerprint density at radius 1 is 1.38 bits per heavy atom. The smallest absolute Gasteiger partial charge is 0.140 e. The molecule has 2 N–H and O–H groups in total. The second-order valence-corrected chi connectivity index (χ2v) is 4.29. The average molecular weight is 178 g/mol. The van der Waals surface area contributed by atoms with Crippen LogP contribution in [0.25, 0.3) is 0 Å². The Balaban J connectivity index is 1.79. The van der Waals surface area contributed by atoms with E-state index in [1.165, 1.54) is 25.7 Å². The molecule has 0 aliphatic heterocycles. The van der Waals surface area contributed by atoms with Crippen molar-refractivity contribution in [2.75, 3.05) is 0 Å². The lowest BCUT2D eigenvalue weighted by Crippen LogP contribution is -2.12. The molecule has 1 aromatic heterocycles. The van der Waals surface area contributed by atoms with Crippen molar-refractivity contribution in [2.24, 2.45) is 11.7 Å². The highest BCUT2D eigenvalue weighted by molar-refractivity contribution is 5.18. The van der Waals surface area contributed by atoms with E-state index in [1.54, 1.807) is 0 Å². The summed E-state index contributed by atoms with van der Waals surface area (Å²) < 4.78 is 5.26. The molecule has 1 atom stereocenters. The number of nitrogens with zero attached hydrogens (tertiary/aromatic N) is 1. The molecule has 0 amide bonds. The third-order valence-corrected chi connectivity index (χ3v) is 3.00. The zero-order valence-corrected chi connectivity index (χ0v) is 7.57. The summed E-state index contributed by atoms with van der Waals surface area (Å²) in [5, 5.41) is 4.04. The van der Waals surface area contributed by atoms with Crippen molar-refractivity contribution in [1.82, 2.24) is 5.16 Å². The van der Waals surface area contributed by atoms with Crippen molar-refractivity contribution >= 4 is 0 Å². The summed E-state index contributed by atoms with van der Waals surface area (Å²) in [5.74, 6) is 2.36. The molecule has 2 aliphatic rings. The zero-order valence-electron chi connectivity index (χ0n) is 7.57. The fourth-order valence-electron chi connectivity index (χ4n) is 1.72. The Labute approximate surface area is 77.3 Å². The van der Waals surface area contributed by atoms with Gasteiger partial charge in [0.1, 0.15) is 11.5 Å². The maximum Gasteiger partial charge on any atom is 0.140 e. The van der Waals surface area contributed by atoms with Gasteiger partial charge in [0.05, 0.1) is 6.04 Å². The van der Waals surface area contributed by atoms with Crippen molar-refractivity contribution in [3.8, 4) is 0 Å². The molecule has 2 aliphatic carbocycles. The summed E-state index contributed by atoms with van der Waals surface area (Å²) in [4.78, 5) is 0. The van der Waals surface area contributed by atoms with Crippen LogP contribution in [0, 0.1) is 5.92 Å². The molecule has 1 aromatic rings. The van der Waals surface area contributed by atoms with Crippen molar-refractivity contribution in [1.29, 1.82) is 0 Å². The van der Waals surface area contributed by atoms with Crippen LogP contribution in [0.2, 0.25) is 0 Å². The quantitative estimate of drug-likeness (QED) is 0.769. The molecule has 0 bridgehead atoms. The second-order valence-electron chi connectivity index (χ2n) is 4.29. The molecule has 13 heavy (non-hydrogen) atoms. The number of rotatable bonds is 3. The Kier molecular flexibility index (Phi) is 1.50. The zero-order chi connectivity index (χ0) is 8.84. The average Bonchev–Trinajstić information content (AvgIpc) is 3.02. The maximum atomic E-state index is 6.01. The van der Waals surface area contributed by atoms with Gasteiger partial charge in [-0.05, 0) is 31.6 Å². The number of nitrogens with two attached hydrogens (primary N) is 1. The molecule has 0 aromatic carbocycles. The molecule has 3 nitrogen and oxygen atoms in total. The van der Waals surface area contributed by atoms with Crippen LogP contribution in [0.3, 0.4) is 0 Å². The first-order chi connectivity index (χ1) is 6.34. The van der Waals surface area contributed by atoms with Crippen LogP contribution < -0.4 is 5.73 Å². The lowest BCUT2D eigenvalue weighted by Gasteiger charge is -2.03. The lowest BCUT2D eigenvalue weighted by atomic mass is 10.1. The van der Waals surface area contributed by atoms with Crippen molar-refractivity contribution < 1.29 is 4.52 Å². The van der Waals surface area contributed by atoms with Gasteiger partial charge in [-0.2, -0.15) is 0 Å². The van der Waals surface area contributed by atoms with Crippen LogP contribution in [-0.4, -0.2) is 5.16 Å². The molecular formula is C10H14N2O. The van der Waals surface area contributed by atoms with E-state index in [1.807, 2.05) is 0 Å². The Morgan fingerprint density at radius 3 is 2.77 bits per heavy atom. The fourth-order valence-corrected chi connectivity index (χ4v) is 1.72. The third kappa shape index (κ3) is 1.37. The van der Waals surface area contributed by atoms with Crippen LogP contribution in [0.4, 0.5) is 0 Å². The van der Waals surface area contributed by atoms with E-state index in [0.717, 1.165) is 11.5 Å². The van der Waals surface area contributed by atoms with E-state index >= 15 is 0 Å². The minimum absolute atomic E-state index is 0.122. The molecular weight excluding hydrogens is 164 g/mol. The predicted molar refractivity (Wildman–Crippen MR) is 48.1 cm³/mol. The third-order valence-electron chi connectivity index (χ3n) is 3.00. The Morgan fingerprint density at radius 2 is 2.15 bits per heavy atom. The van der Waals surface area contributed by atoms with E-state index < -0.39 is 0 Å². The highest BCUT2D eigenvalue weighted by atomic mass is 16.5. The normalized spacial score (nSPS) is 24.7. The topological polar surface area (TPSA) is 52.0 Å². The highest BCUT2D eigenvalue weighted by Crippen LogP contribution is 2.43. The standard InChI is InChI=1S/C10H14N2O/c11-10(7-3-4-7)8-5-9(13-12-8)6-1-2-6/h5-7,10H,1-4,11H2/t10-/m0/s1. The van der Waals surface area contributed by atoms with Crippen LogP contribution in [0.5, 0.6) is 0 Å². The number of aromatic nitrogens is 1. The first-order valence-electron chi connectivity index (χ1n) is 5.06. The molecule has 0 unspecified atom stereocenters. The second kappa shape index (κ2) is 2.58. The summed E-state index contributed by atoms with van der Waals surface area (Å²) >= 11 is 0. The largest absolute Gasteiger partial charge is 0.361 e. The van der Waals surface area contributed by atoms with Gasteiger partial charge in [0.15, 0.2) is 0 Å². The van der Waals surface area contributed by atoms with Crippen molar-refractivity contribution in [3.05, 3.63) is 17.5 Å². The van der Waals surface area contributed by atoms with Gasteiger partial charge in [0.2, 0.25) is 0 Å². The molecule has 3 rings (SSSR count). The molecule has 2 saturated carbocycles. The first-order valence-corrected chi connectivity index (χ1v) is 5.06. The van der Waals surface area contributed by atoms with E-state index in [0.29, 0.717) is 11.8 Å². The first kappa shape index (κ1) is 7.56. The minimum Gasteiger partial charge on any atom is -0.361 e. The van der Waals surface area contributed by atoms with Crippen LogP contribution in [0.15, 0.2) is 10.6 Å². The van der Waals surface area contributed by atoms with Crippen molar-refractivity contribution in [3.63, 3.8) is 0 Å². The summed E-state index contributed by atoms with van der Waals surface area (Å²) in [7, 11) is 0. The lowest BCUT2D eigenvalue weighted by molar-refractivity contribution is 0.371. The van der Waals surface area contributed by atoms with Gasteiger partial charge in [0, 0.05) is 12.0 Å². The summed E-state index contributed by atoms with van der Waals surface area (Å²) in [6.45, 7) is 0. The van der Waals surface area contributed by atoms with Gasteiger partial charge < -0.3 is 10.3 Å². The monoisotopic (exact) mass is 178 g/mol. The summed E-state index contributed by atoms with van der Waals surface area (Å²) in [6.07, 6.45) is 5.03. The molecule has 0 radical (unpaired) electrons. The van der Waals surface area contributed by atoms with Crippen molar-refractivity contribution in [2.45, 2.75) is 37.6 Å².